The minimum absolute atomic E-state index is 0.0134. The number of carbonyl (C=O) groups is 1. The van der Waals surface area contributed by atoms with E-state index in [0.717, 1.165) is 42.0 Å². The van der Waals surface area contributed by atoms with E-state index < -0.39 is 0 Å². The van der Waals surface area contributed by atoms with E-state index in [2.05, 4.69) is 25.0 Å². The molecule has 1 unspecified atom stereocenters. The Morgan fingerprint density at radius 1 is 1.10 bits per heavy atom. The highest BCUT2D eigenvalue weighted by Crippen LogP contribution is 2.33. The monoisotopic (exact) mass is 533 g/mol. The Morgan fingerprint density at radius 3 is 2.49 bits per heavy atom. The molecule has 2 aliphatic rings. The van der Waals surface area contributed by atoms with Gasteiger partial charge in [0.15, 0.2) is 11.5 Å². The SMILES string of the molecule is COc1ccc(CN(CC2CCCO2)C(=O)c2ccc(Cn3nc(C)cc3C)cc2)cc1OCC1(C)COC1. The summed E-state index contributed by atoms with van der Waals surface area (Å²) >= 11 is 0. The Bertz CT molecular complexity index is 1280. The second-order valence-corrected chi connectivity index (χ2v) is 11.2. The van der Waals surface area contributed by atoms with E-state index in [-0.39, 0.29) is 17.4 Å². The van der Waals surface area contributed by atoms with E-state index in [1.807, 2.05) is 59.0 Å². The van der Waals surface area contributed by atoms with Crippen LogP contribution < -0.4 is 9.47 Å². The first-order valence-corrected chi connectivity index (χ1v) is 13.7. The van der Waals surface area contributed by atoms with Crippen LogP contribution in [0.2, 0.25) is 0 Å². The molecule has 0 saturated carbocycles. The van der Waals surface area contributed by atoms with Crippen LogP contribution in [0.1, 0.15) is 52.6 Å². The van der Waals surface area contributed by atoms with Crippen molar-refractivity contribution in [3.63, 3.8) is 0 Å². The summed E-state index contributed by atoms with van der Waals surface area (Å²) in [6.07, 6.45) is 2.03. The smallest absolute Gasteiger partial charge is 0.254 e. The number of carbonyl (C=O) groups excluding carboxylic acids is 1. The van der Waals surface area contributed by atoms with Gasteiger partial charge in [-0.2, -0.15) is 5.10 Å². The molecule has 0 N–H and O–H groups in total. The Balaban J connectivity index is 1.32. The fraction of sp³-hybridized carbons (Fsp3) is 0.484. The van der Waals surface area contributed by atoms with Gasteiger partial charge in [0.05, 0.1) is 45.3 Å². The number of aromatic nitrogens is 2. The molecular formula is C31H39N3O5. The van der Waals surface area contributed by atoms with E-state index >= 15 is 0 Å². The largest absolute Gasteiger partial charge is 0.493 e. The van der Waals surface area contributed by atoms with Gasteiger partial charge in [0.2, 0.25) is 0 Å². The van der Waals surface area contributed by atoms with Gasteiger partial charge in [-0.15, -0.1) is 0 Å². The van der Waals surface area contributed by atoms with Crippen molar-refractivity contribution < 1.29 is 23.7 Å². The van der Waals surface area contributed by atoms with E-state index in [1.54, 1.807) is 7.11 Å². The van der Waals surface area contributed by atoms with Crippen LogP contribution in [0.4, 0.5) is 0 Å². The van der Waals surface area contributed by atoms with Crippen molar-refractivity contribution in [1.29, 1.82) is 0 Å². The molecule has 0 spiro atoms. The Morgan fingerprint density at radius 2 is 1.87 bits per heavy atom. The van der Waals surface area contributed by atoms with E-state index in [1.165, 1.54) is 0 Å². The molecule has 8 nitrogen and oxygen atoms in total. The van der Waals surface area contributed by atoms with Crippen molar-refractivity contribution in [2.45, 2.75) is 52.8 Å². The quantitative estimate of drug-likeness (QED) is 0.353. The number of nitrogens with zero attached hydrogens (tertiary/aromatic N) is 3. The van der Waals surface area contributed by atoms with Gasteiger partial charge in [-0.3, -0.25) is 9.48 Å². The van der Waals surface area contributed by atoms with Crippen LogP contribution in [-0.2, 0) is 22.6 Å². The summed E-state index contributed by atoms with van der Waals surface area (Å²) in [6, 6.07) is 15.8. The van der Waals surface area contributed by atoms with Gasteiger partial charge in [-0.1, -0.05) is 25.1 Å². The molecule has 2 fully saturated rings. The second-order valence-electron chi connectivity index (χ2n) is 11.2. The fourth-order valence-electron chi connectivity index (χ4n) is 5.14. The van der Waals surface area contributed by atoms with Crippen molar-refractivity contribution in [3.8, 4) is 11.5 Å². The van der Waals surface area contributed by atoms with E-state index in [0.29, 0.717) is 56.5 Å². The normalized spacial score (nSPS) is 18.0. The van der Waals surface area contributed by atoms with Gasteiger partial charge in [0, 0.05) is 36.4 Å². The summed E-state index contributed by atoms with van der Waals surface area (Å²) in [7, 11) is 1.64. The number of ether oxygens (including phenoxy) is 4. The van der Waals surface area contributed by atoms with Crippen molar-refractivity contribution in [2.75, 3.05) is 40.1 Å². The lowest BCUT2D eigenvalue weighted by atomic mass is 9.90. The van der Waals surface area contributed by atoms with Gasteiger partial charge in [-0.25, -0.2) is 0 Å². The fourth-order valence-corrected chi connectivity index (χ4v) is 5.14. The van der Waals surface area contributed by atoms with Crippen molar-refractivity contribution >= 4 is 5.91 Å². The predicted molar refractivity (Wildman–Crippen MR) is 148 cm³/mol. The van der Waals surface area contributed by atoms with E-state index in [4.69, 9.17) is 18.9 Å². The standard InChI is InChI=1S/C31H39N3O5/c1-22-14-23(2)34(32-22)17-24-7-10-26(11-8-24)30(35)33(18-27-6-5-13-38-27)16-25-9-12-28(36-4)29(15-25)39-21-31(3)19-37-20-31/h7-12,14-15,27H,5-6,13,16-21H2,1-4H3. The Hall–Kier alpha value is -3.36. The molecule has 1 atom stereocenters. The van der Waals surface area contributed by atoms with Crippen LogP contribution in [0.25, 0.3) is 0 Å². The molecule has 1 amide bonds. The summed E-state index contributed by atoms with van der Waals surface area (Å²) in [6.45, 7) is 10.6. The number of rotatable bonds is 11. The topological polar surface area (TPSA) is 75.1 Å². The highest BCUT2D eigenvalue weighted by Gasteiger charge is 2.34. The molecule has 0 aliphatic carbocycles. The molecule has 3 heterocycles. The third-order valence-electron chi connectivity index (χ3n) is 7.45. The first-order chi connectivity index (χ1) is 18.8. The number of methoxy groups -OCH3 is 1. The summed E-state index contributed by atoms with van der Waals surface area (Å²) in [4.78, 5) is 15.6. The van der Waals surface area contributed by atoms with E-state index in [9.17, 15) is 4.79 Å². The molecule has 5 rings (SSSR count). The second kappa shape index (κ2) is 11.8. The molecule has 1 aromatic heterocycles. The molecule has 39 heavy (non-hydrogen) atoms. The zero-order chi connectivity index (χ0) is 27.4. The van der Waals surface area contributed by atoms with Crippen LogP contribution in [0.3, 0.4) is 0 Å². The molecule has 0 radical (unpaired) electrons. The molecule has 3 aromatic rings. The average Bonchev–Trinajstić information content (AvgIpc) is 3.54. The molecule has 8 heteroatoms. The van der Waals surface area contributed by atoms with Crippen LogP contribution >= 0.6 is 0 Å². The number of aryl methyl sites for hydroxylation is 2. The lowest BCUT2D eigenvalue weighted by Gasteiger charge is -2.37. The minimum atomic E-state index is -0.0134. The molecule has 0 bridgehead atoms. The highest BCUT2D eigenvalue weighted by molar-refractivity contribution is 5.94. The maximum absolute atomic E-state index is 13.8. The molecule has 208 valence electrons. The number of hydrogen-bond acceptors (Lipinski definition) is 6. The lowest BCUT2D eigenvalue weighted by molar-refractivity contribution is -0.120. The van der Waals surface area contributed by atoms with Crippen LogP contribution in [0, 0.1) is 19.3 Å². The van der Waals surface area contributed by atoms with Gasteiger partial charge in [0.25, 0.3) is 5.91 Å². The minimum Gasteiger partial charge on any atom is -0.493 e. The van der Waals surface area contributed by atoms with Crippen molar-refractivity contribution in [1.82, 2.24) is 14.7 Å². The van der Waals surface area contributed by atoms with Crippen LogP contribution in [0.15, 0.2) is 48.5 Å². The summed E-state index contributed by atoms with van der Waals surface area (Å²) in [5, 5.41) is 4.55. The molecule has 2 aliphatic heterocycles. The molecule has 2 saturated heterocycles. The zero-order valence-corrected chi connectivity index (χ0v) is 23.4. The third-order valence-corrected chi connectivity index (χ3v) is 7.45. The van der Waals surface area contributed by atoms with Gasteiger partial charge >= 0.3 is 0 Å². The van der Waals surface area contributed by atoms with Gasteiger partial charge in [0.1, 0.15) is 0 Å². The molecule has 2 aromatic carbocycles. The number of hydrogen-bond donors (Lipinski definition) is 0. The zero-order valence-electron chi connectivity index (χ0n) is 23.4. The predicted octanol–water partition coefficient (Wildman–Crippen LogP) is 4.79. The lowest BCUT2D eigenvalue weighted by Crippen LogP contribution is -2.44. The summed E-state index contributed by atoms with van der Waals surface area (Å²) in [5.41, 5.74) is 4.88. The molecular weight excluding hydrogens is 494 g/mol. The maximum atomic E-state index is 13.8. The van der Waals surface area contributed by atoms with Crippen LogP contribution in [0.5, 0.6) is 11.5 Å². The van der Waals surface area contributed by atoms with Crippen molar-refractivity contribution in [3.05, 3.63) is 76.6 Å². The van der Waals surface area contributed by atoms with Gasteiger partial charge in [-0.05, 0) is 68.1 Å². The first kappa shape index (κ1) is 27.2. The van der Waals surface area contributed by atoms with Gasteiger partial charge < -0.3 is 23.8 Å². The van der Waals surface area contributed by atoms with Crippen molar-refractivity contribution in [2.24, 2.45) is 5.41 Å². The number of benzene rings is 2. The third kappa shape index (κ3) is 6.62. The Kier molecular flexibility index (Phi) is 8.23. The first-order valence-electron chi connectivity index (χ1n) is 13.7. The Labute approximate surface area is 230 Å². The highest BCUT2D eigenvalue weighted by atomic mass is 16.5. The summed E-state index contributed by atoms with van der Waals surface area (Å²) in [5.74, 6) is 1.35. The average molecular weight is 534 g/mol. The maximum Gasteiger partial charge on any atom is 0.254 e. The van der Waals surface area contributed by atoms with Crippen LogP contribution in [-0.4, -0.2) is 66.8 Å². The summed E-state index contributed by atoms with van der Waals surface area (Å²) < 4.78 is 25.0. The number of amides is 1.